The van der Waals surface area contributed by atoms with Gasteiger partial charge in [0.25, 0.3) is 5.91 Å². The summed E-state index contributed by atoms with van der Waals surface area (Å²) in [4.78, 5) is 25.1. The zero-order valence-corrected chi connectivity index (χ0v) is 15.2. The fraction of sp³-hybridized carbons (Fsp3) is 0.368. The lowest BCUT2D eigenvalue weighted by molar-refractivity contribution is 0.0527. The molecule has 0 radical (unpaired) electrons. The number of hydrogen-bond acceptors (Lipinski definition) is 5. The largest absolute Gasteiger partial charge is 0.493 e. The molecule has 2 aromatic rings. The lowest BCUT2D eigenvalue weighted by atomic mass is 10.1. The van der Waals surface area contributed by atoms with Crippen LogP contribution in [-0.4, -0.2) is 25.1 Å². The molecule has 1 heterocycles. The van der Waals surface area contributed by atoms with Gasteiger partial charge in [-0.2, -0.15) is 0 Å². The Bertz CT molecular complexity index is 779. The third-order valence-corrected chi connectivity index (χ3v) is 4.89. The van der Waals surface area contributed by atoms with Gasteiger partial charge in [0.2, 0.25) is 0 Å². The van der Waals surface area contributed by atoms with Gasteiger partial charge in [0.1, 0.15) is 10.8 Å². The van der Waals surface area contributed by atoms with Gasteiger partial charge in [0.05, 0.1) is 24.3 Å². The topological polar surface area (TPSA) is 64.6 Å². The molecule has 1 saturated carbocycles. The molecule has 0 atom stereocenters. The Balaban J connectivity index is 1.88. The first-order chi connectivity index (χ1) is 12.2. The molecule has 1 N–H and O–H groups in total. The second kappa shape index (κ2) is 7.70. The minimum atomic E-state index is -0.376. The molecule has 5 nitrogen and oxygen atoms in total. The number of ether oxygens (including phenoxy) is 2. The van der Waals surface area contributed by atoms with Crippen LogP contribution in [0.5, 0.6) is 5.75 Å². The Morgan fingerprint density at radius 3 is 2.64 bits per heavy atom. The highest BCUT2D eigenvalue weighted by Crippen LogP contribution is 2.46. The normalized spacial score (nSPS) is 13.4. The Kier molecular flexibility index (Phi) is 5.38. The van der Waals surface area contributed by atoms with Crippen LogP contribution in [0.3, 0.4) is 0 Å². The summed E-state index contributed by atoms with van der Waals surface area (Å²) in [6.45, 7) is 4.43. The Hall–Kier alpha value is -2.34. The predicted octanol–water partition coefficient (Wildman–Crippen LogP) is 4.45. The standard InChI is InChI=1S/C19H21NO4S/c1-3-23-15-8-6-5-7-13(15)17(21)20-18-16(19(22)24-4-2)14(11-25-18)12-9-10-12/h5-8,11-12H,3-4,9-10H2,1-2H3,(H,20,21). The van der Waals surface area contributed by atoms with E-state index in [1.54, 1.807) is 25.1 Å². The molecule has 1 aliphatic carbocycles. The predicted molar refractivity (Wildman–Crippen MR) is 97.8 cm³/mol. The van der Waals surface area contributed by atoms with E-state index in [0.717, 1.165) is 18.4 Å². The van der Waals surface area contributed by atoms with Crippen molar-refractivity contribution in [3.63, 3.8) is 0 Å². The summed E-state index contributed by atoms with van der Waals surface area (Å²) in [5.41, 5.74) is 1.92. The molecule has 0 spiro atoms. The molecule has 1 amide bonds. The molecular weight excluding hydrogens is 338 g/mol. The van der Waals surface area contributed by atoms with Gasteiger partial charge in [-0.15, -0.1) is 11.3 Å². The molecule has 0 aliphatic heterocycles. The molecule has 25 heavy (non-hydrogen) atoms. The third kappa shape index (κ3) is 3.85. The second-order valence-electron chi connectivity index (χ2n) is 5.77. The molecular formula is C19H21NO4S. The summed E-state index contributed by atoms with van der Waals surface area (Å²) in [7, 11) is 0. The van der Waals surface area contributed by atoms with Crippen LogP contribution < -0.4 is 10.1 Å². The Morgan fingerprint density at radius 1 is 1.20 bits per heavy atom. The van der Waals surface area contributed by atoms with E-state index < -0.39 is 0 Å². The molecule has 1 aromatic carbocycles. The number of nitrogens with one attached hydrogen (secondary N) is 1. The summed E-state index contributed by atoms with van der Waals surface area (Å²) in [5, 5.41) is 5.36. The molecule has 1 fully saturated rings. The third-order valence-electron chi connectivity index (χ3n) is 3.97. The maximum absolute atomic E-state index is 12.7. The highest BCUT2D eigenvalue weighted by molar-refractivity contribution is 7.15. The van der Waals surface area contributed by atoms with Crippen LogP contribution in [0.15, 0.2) is 29.6 Å². The van der Waals surface area contributed by atoms with Gasteiger partial charge in [-0.05, 0) is 55.7 Å². The quantitative estimate of drug-likeness (QED) is 0.742. The lowest BCUT2D eigenvalue weighted by Gasteiger charge is -2.11. The van der Waals surface area contributed by atoms with Crippen molar-refractivity contribution < 1.29 is 19.1 Å². The number of amides is 1. The molecule has 0 saturated heterocycles. The highest BCUT2D eigenvalue weighted by Gasteiger charge is 2.32. The van der Waals surface area contributed by atoms with E-state index >= 15 is 0 Å². The van der Waals surface area contributed by atoms with Gasteiger partial charge in [-0.3, -0.25) is 4.79 Å². The van der Waals surface area contributed by atoms with Crippen LogP contribution in [0.4, 0.5) is 5.00 Å². The van der Waals surface area contributed by atoms with Gasteiger partial charge in [-0.1, -0.05) is 12.1 Å². The second-order valence-corrected chi connectivity index (χ2v) is 6.65. The van der Waals surface area contributed by atoms with Gasteiger partial charge in [-0.25, -0.2) is 4.79 Å². The summed E-state index contributed by atoms with van der Waals surface area (Å²) in [6.07, 6.45) is 2.15. The van der Waals surface area contributed by atoms with Crippen LogP contribution in [0.2, 0.25) is 0 Å². The molecule has 1 aromatic heterocycles. The molecule has 0 bridgehead atoms. The van der Waals surface area contributed by atoms with E-state index in [1.807, 2.05) is 18.4 Å². The number of thiophene rings is 1. The number of carbonyl (C=O) groups excluding carboxylic acids is 2. The average molecular weight is 359 g/mol. The van der Waals surface area contributed by atoms with E-state index in [9.17, 15) is 9.59 Å². The average Bonchev–Trinajstić information content (AvgIpc) is 3.36. The number of anilines is 1. The summed E-state index contributed by atoms with van der Waals surface area (Å²) in [6, 6.07) is 7.07. The van der Waals surface area contributed by atoms with Gasteiger partial charge in [0.15, 0.2) is 0 Å². The minimum Gasteiger partial charge on any atom is -0.493 e. The molecule has 0 unspecified atom stereocenters. The van der Waals surface area contributed by atoms with E-state index in [1.165, 1.54) is 11.3 Å². The summed E-state index contributed by atoms with van der Waals surface area (Å²) in [5.74, 6) is 0.258. The van der Waals surface area contributed by atoms with Crippen molar-refractivity contribution in [3.05, 3.63) is 46.3 Å². The molecule has 3 rings (SSSR count). The van der Waals surface area contributed by atoms with Gasteiger partial charge >= 0.3 is 5.97 Å². The fourth-order valence-electron chi connectivity index (χ4n) is 2.68. The van der Waals surface area contributed by atoms with Crippen molar-refractivity contribution in [3.8, 4) is 5.75 Å². The number of rotatable bonds is 7. The zero-order valence-electron chi connectivity index (χ0n) is 14.3. The van der Waals surface area contributed by atoms with Crippen molar-refractivity contribution in [2.45, 2.75) is 32.6 Å². The number of benzene rings is 1. The number of para-hydroxylation sites is 1. The maximum atomic E-state index is 12.7. The minimum absolute atomic E-state index is 0.293. The molecule has 6 heteroatoms. The van der Waals surface area contributed by atoms with Crippen LogP contribution >= 0.6 is 11.3 Å². The summed E-state index contributed by atoms with van der Waals surface area (Å²) >= 11 is 1.37. The van der Waals surface area contributed by atoms with Gasteiger partial charge in [0, 0.05) is 0 Å². The van der Waals surface area contributed by atoms with Crippen molar-refractivity contribution in [2.24, 2.45) is 0 Å². The van der Waals surface area contributed by atoms with E-state index in [-0.39, 0.29) is 11.9 Å². The van der Waals surface area contributed by atoms with Crippen LogP contribution in [0.25, 0.3) is 0 Å². The van der Waals surface area contributed by atoms with Crippen LogP contribution in [0, 0.1) is 0 Å². The van der Waals surface area contributed by atoms with Crippen molar-refractivity contribution in [2.75, 3.05) is 18.5 Å². The molecule has 1 aliphatic rings. The highest BCUT2D eigenvalue weighted by atomic mass is 32.1. The smallest absolute Gasteiger partial charge is 0.341 e. The van der Waals surface area contributed by atoms with Crippen LogP contribution in [0.1, 0.15) is 58.9 Å². The fourth-order valence-corrected chi connectivity index (χ4v) is 3.70. The number of hydrogen-bond donors (Lipinski definition) is 1. The summed E-state index contributed by atoms with van der Waals surface area (Å²) < 4.78 is 10.7. The number of esters is 1. The number of carbonyl (C=O) groups is 2. The van der Waals surface area contributed by atoms with E-state index in [4.69, 9.17) is 9.47 Å². The maximum Gasteiger partial charge on any atom is 0.341 e. The zero-order chi connectivity index (χ0) is 17.8. The molecule has 132 valence electrons. The van der Waals surface area contributed by atoms with Gasteiger partial charge < -0.3 is 14.8 Å². The van der Waals surface area contributed by atoms with E-state index in [0.29, 0.717) is 41.0 Å². The Morgan fingerprint density at radius 2 is 1.96 bits per heavy atom. The van der Waals surface area contributed by atoms with Crippen molar-refractivity contribution >= 4 is 28.2 Å². The monoisotopic (exact) mass is 359 g/mol. The first kappa shape index (κ1) is 17.5. The van der Waals surface area contributed by atoms with Crippen LogP contribution in [-0.2, 0) is 4.74 Å². The van der Waals surface area contributed by atoms with E-state index in [2.05, 4.69) is 5.32 Å². The van der Waals surface area contributed by atoms with Crippen molar-refractivity contribution in [1.29, 1.82) is 0 Å². The Labute approximate surface area is 151 Å². The van der Waals surface area contributed by atoms with Crippen molar-refractivity contribution in [1.82, 2.24) is 0 Å². The first-order valence-electron chi connectivity index (χ1n) is 8.47. The first-order valence-corrected chi connectivity index (χ1v) is 9.35. The SMILES string of the molecule is CCOC(=O)c1c(C2CC2)csc1NC(=O)c1ccccc1OCC. The lowest BCUT2D eigenvalue weighted by Crippen LogP contribution is -2.16.